The fourth-order valence-electron chi connectivity index (χ4n) is 5.56. The van der Waals surface area contributed by atoms with Crippen LogP contribution in [0.25, 0.3) is 0 Å². The van der Waals surface area contributed by atoms with Gasteiger partial charge in [-0.3, -0.25) is 9.52 Å². The monoisotopic (exact) mass is 616 g/mol. The van der Waals surface area contributed by atoms with Crippen LogP contribution in [0.2, 0.25) is 0 Å². The van der Waals surface area contributed by atoms with Crippen LogP contribution < -0.4 is 19.5 Å². The number of amides is 3. The first-order valence-electron chi connectivity index (χ1n) is 14.9. The molecule has 3 atom stereocenters. The van der Waals surface area contributed by atoms with Crippen molar-refractivity contribution in [2.24, 2.45) is 5.92 Å². The minimum Gasteiger partial charge on any atom is -0.497 e. The van der Waals surface area contributed by atoms with Crippen molar-refractivity contribution in [3.8, 4) is 11.5 Å². The molecule has 1 fully saturated rings. The van der Waals surface area contributed by atoms with E-state index >= 15 is 0 Å². The first kappa shape index (κ1) is 32.4. The Bertz CT molecular complexity index is 1360. The number of hydrogen-bond acceptors (Lipinski definition) is 7. The van der Waals surface area contributed by atoms with Crippen molar-refractivity contribution >= 4 is 27.6 Å². The zero-order valence-electron chi connectivity index (χ0n) is 25.4. The molecule has 0 radical (unpaired) electrons. The smallest absolute Gasteiger partial charge is 0.317 e. The number of likely N-dealkylation sites (N-methyl/N-ethyl adjacent to an activating group) is 1. The number of methoxy groups -OCH3 is 1. The van der Waals surface area contributed by atoms with Crippen molar-refractivity contribution < 1.29 is 32.6 Å². The fraction of sp³-hybridized carbons (Fsp3) is 0.548. The number of aliphatic hydroxyl groups excluding tert-OH is 1. The van der Waals surface area contributed by atoms with E-state index in [2.05, 4.69) is 10.0 Å². The van der Waals surface area contributed by atoms with E-state index in [4.69, 9.17) is 9.47 Å². The maximum Gasteiger partial charge on any atom is 0.317 e. The van der Waals surface area contributed by atoms with Gasteiger partial charge in [0.2, 0.25) is 5.91 Å². The highest BCUT2D eigenvalue weighted by Gasteiger charge is 2.32. The van der Waals surface area contributed by atoms with Gasteiger partial charge in [-0.15, -0.1) is 0 Å². The van der Waals surface area contributed by atoms with E-state index in [0.717, 1.165) is 25.7 Å². The predicted molar refractivity (Wildman–Crippen MR) is 164 cm³/mol. The summed E-state index contributed by atoms with van der Waals surface area (Å²) >= 11 is 0. The topological polar surface area (TPSA) is 138 Å². The lowest BCUT2D eigenvalue weighted by atomic mass is 9.96. The molecular formula is C31H44N4O7S. The van der Waals surface area contributed by atoms with Crippen LogP contribution in [0.15, 0.2) is 47.4 Å². The predicted octanol–water partition coefficient (Wildman–Crippen LogP) is 3.62. The number of sulfonamides is 1. The Balaban J connectivity index is 1.59. The van der Waals surface area contributed by atoms with Crippen LogP contribution in [0.5, 0.6) is 11.5 Å². The number of anilines is 1. The van der Waals surface area contributed by atoms with Crippen LogP contribution in [-0.2, 0) is 21.2 Å². The summed E-state index contributed by atoms with van der Waals surface area (Å²) in [6.07, 6.45) is 4.85. The molecule has 236 valence electrons. The minimum absolute atomic E-state index is 0.0464. The quantitative estimate of drug-likeness (QED) is 0.391. The average molecular weight is 617 g/mol. The summed E-state index contributed by atoms with van der Waals surface area (Å²) in [6, 6.07) is 10.5. The molecular weight excluding hydrogens is 572 g/mol. The number of hydrogen-bond donors (Lipinski definition) is 3. The van der Waals surface area contributed by atoms with Crippen LogP contribution in [0.3, 0.4) is 0 Å². The maximum atomic E-state index is 13.5. The molecule has 1 aliphatic heterocycles. The molecule has 43 heavy (non-hydrogen) atoms. The van der Waals surface area contributed by atoms with Crippen LogP contribution in [-0.4, -0.2) is 87.3 Å². The zero-order valence-corrected chi connectivity index (χ0v) is 26.2. The molecule has 3 amide bonds. The van der Waals surface area contributed by atoms with E-state index < -0.39 is 22.2 Å². The number of urea groups is 1. The first-order chi connectivity index (χ1) is 20.5. The average Bonchev–Trinajstić information content (AvgIpc) is 3.04. The number of ether oxygens (including phenoxy) is 2. The standard InChI is InChI=1S/C31H44N4O7S/c1-21-18-35(22(2)20-36)30(37)17-23-16-25(33-43(39,40)27-13-11-26(41-4)12-14-27)10-15-28(23)42-29(21)19-34(3)31(38)32-24-8-6-5-7-9-24/h10-16,21-22,24,29,33,36H,5-9,17-20H2,1-4H3,(H,32,38)/t21-,22-,29+/m1/s1. The van der Waals surface area contributed by atoms with Crippen molar-refractivity contribution in [2.75, 3.05) is 38.6 Å². The molecule has 0 saturated heterocycles. The van der Waals surface area contributed by atoms with Crippen molar-refractivity contribution in [1.82, 2.24) is 15.1 Å². The van der Waals surface area contributed by atoms with E-state index in [9.17, 15) is 23.1 Å². The van der Waals surface area contributed by atoms with Gasteiger partial charge in [-0.25, -0.2) is 13.2 Å². The van der Waals surface area contributed by atoms with Gasteiger partial charge in [0.05, 0.1) is 37.6 Å². The number of rotatable bonds is 9. The van der Waals surface area contributed by atoms with E-state index in [1.807, 2.05) is 6.92 Å². The maximum absolute atomic E-state index is 13.5. The van der Waals surface area contributed by atoms with Crippen molar-refractivity contribution in [3.05, 3.63) is 48.0 Å². The summed E-state index contributed by atoms with van der Waals surface area (Å²) in [5, 5.41) is 13.0. The number of nitrogens with one attached hydrogen (secondary N) is 2. The summed E-state index contributed by atoms with van der Waals surface area (Å²) in [7, 11) is -0.676. The van der Waals surface area contributed by atoms with Gasteiger partial charge in [-0.1, -0.05) is 26.2 Å². The second-order valence-electron chi connectivity index (χ2n) is 11.7. The van der Waals surface area contributed by atoms with E-state index in [1.165, 1.54) is 25.7 Å². The number of carbonyl (C=O) groups excluding carboxylic acids is 2. The molecule has 2 aliphatic rings. The molecule has 2 aromatic carbocycles. The molecule has 1 heterocycles. The number of fused-ring (bicyclic) bond motifs is 1. The summed E-state index contributed by atoms with van der Waals surface area (Å²) in [4.78, 5) is 29.9. The van der Waals surface area contributed by atoms with Crippen molar-refractivity contribution in [2.45, 2.75) is 75.5 Å². The van der Waals surface area contributed by atoms with Gasteiger partial charge in [0.25, 0.3) is 10.0 Å². The third kappa shape index (κ3) is 8.32. The normalized spacial score (nSPS) is 20.5. The fourth-order valence-corrected chi connectivity index (χ4v) is 6.61. The molecule has 12 heteroatoms. The summed E-state index contributed by atoms with van der Waals surface area (Å²) in [5.74, 6) is 0.589. The van der Waals surface area contributed by atoms with Crippen LogP contribution in [0.1, 0.15) is 51.5 Å². The third-order valence-electron chi connectivity index (χ3n) is 8.27. The number of aliphatic hydroxyl groups is 1. The zero-order chi connectivity index (χ0) is 31.1. The molecule has 3 N–H and O–H groups in total. The van der Waals surface area contributed by atoms with Gasteiger partial charge >= 0.3 is 6.03 Å². The Morgan fingerprint density at radius 2 is 1.86 bits per heavy atom. The first-order valence-corrected chi connectivity index (χ1v) is 16.4. The highest BCUT2D eigenvalue weighted by atomic mass is 32.2. The van der Waals surface area contributed by atoms with Gasteiger partial charge in [0.15, 0.2) is 0 Å². The Kier molecular flexibility index (Phi) is 10.8. The molecule has 2 aromatic rings. The second kappa shape index (κ2) is 14.3. The Morgan fingerprint density at radius 3 is 2.51 bits per heavy atom. The molecule has 1 saturated carbocycles. The Hall–Kier alpha value is -3.51. The van der Waals surface area contributed by atoms with Crippen molar-refractivity contribution in [1.29, 1.82) is 0 Å². The second-order valence-corrected chi connectivity index (χ2v) is 13.3. The lowest BCUT2D eigenvalue weighted by Gasteiger charge is -2.34. The third-order valence-corrected chi connectivity index (χ3v) is 9.67. The van der Waals surface area contributed by atoms with Gasteiger partial charge < -0.3 is 29.7 Å². The van der Waals surface area contributed by atoms with Crippen LogP contribution in [0, 0.1) is 5.92 Å². The number of carbonyl (C=O) groups is 2. The van der Waals surface area contributed by atoms with Gasteiger partial charge in [-0.2, -0.15) is 0 Å². The van der Waals surface area contributed by atoms with Crippen LogP contribution >= 0.6 is 0 Å². The van der Waals surface area contributed by atoms with E-state index in [-0.39, 0.29) is 54.1 Å². The Labute approximate surface area is 254 Å². The lowest BCUT2D eigenvalue weighted by Crippen LogP contribution is -2.50. The lowest BCUT2D eigenvalue weighted by molar-refractivity contribution is -0.134. The SMILES string of the molecule is COc1ccc(S(=O)(=O)Nc2ccc3c(c2)CC(=O)N([C@H](C)CO)C[C@@H](C)[C@H](CN(C)C(=O)NC2CCCCC2)O3)cc1. The highest BCUT2D eigenvalue weighted by Crippen LogP contribution is 2.30. The van der Waals surface area contributed by atoms with E-state index in [0.29, 0.717) is 23.6 Å². The molecule has 0 aromatic heterocycles. The largest absolute Gasteiger partial charge is 0.497 e. The molecule has 4 rings (SSSR count). The molecule has 11 nitrogen and oxygen atoms in total. The molecule has 0 bridgehead atoms. The van der Waals surface area contributed by atoms with E-state index in [1.54, 1.807) is 54.1 Å². The number of benzene rings is 2. The van der Waals surface area contributed by atoms with Gasteiger partial charge in [0, 0.05) is 36.8 Å². The molecule has 0 spiro atoms. The van der Waals surface area contributed by atoms with Gasteiger partial charge in [-0.05, 0) is 62.2 Å². The molecule has 1 aliphatic carbocycles. The summed E-state index contributed by atoms with van der Waals surface area (Å²) in [6.45, 7) is 4.14. The summed E-state index contributed by atoms with van der Waals surface area (Å²) < 4.78 is 40.4. The van der Waals surface area contributed by atoms with Crippen molar-refractivity contribution in [3.63, 3.8) is 0 Å². The highest BCUT2D eigenvalue weighted by molar-refractivity contribution is 7.92. The number of nitrogens with zero attached hydrogens (tertiary/aromatic N) is 2. The van der Waals surface area contributed by atoms with Gasteiger partial charge in [0.1, 0.15) is 17.6 Å². The van der Waals surface area contributed by atoms with Crippen LogP contribution in [0.4, 0.5) is 10.5 Å². The molecule has 0 unspecified atom stereocenters. The minimum atomic E-state index is -3.91. The summed E-state index contributed by atoms with van der Waals surface area (Å²) in [5.41, 5.74) is 0.782. The Morgan fingerprint density at radius 1 is 1.16 bits per heavy atom.